The number of phenols is 1. The molecule has 0 saturated heterocycles. The molecule has 0 aromatic heterocycles. The SMILES string of the molecule is CCOc1cc(NC(=O)c2ccccc2)c(C)cc1N=Nc1c(O)c(C(=O)Nc2ccccc2)cc2ccccc12. The fourth-order valence-corrected chi connectivity index (χ4v) is 4.36. The quantitative estimate of drug-likeness (QED) is 0.171. The van der Waals surface area contributed by atoms with Crippen LogP contribution in [0.3, 0.4) is 0 Å². The second-order valence-electron chi connectivity index (χ2n) is 9.25. The van der Waals surface area contributed by atoms with Gasteiger partial charge in [-0.15, -0.1) is 10.2 Å². The van der Waals surface area contributed by atoms with E-state index < -0.39 is 5.91 Å². The number of fused-ring (bicyclic) bond motifs is 1. The number of benzene rings is 5. The summed E-state index contributed by atoms with van der Waals surface area (Å²) >= 11 is 0. The first-order valence-electron chi connectivity index (χ1n) is 13.1. The molecule has 8 heteroatoms. The molecule has 0 fully saturated rings. The van der Waals surface area contributed by atoms with E-state index in [0.29, 0.717) is 40.4 Å². The van der Waals surface area contributed by atoms with Crippen LogP contribution >= 0.6 is 0 Å². The van der Waals surface area contributed by atoms with E-state index in [0.717, 1.165) is 10.9 Å². The van der Waals surface area contributed by atoms with Crippen LogP contribution < -0.4 is 15.4 Å². The van der Waals surface area contributed by atoms with Gasteiger partial charge in [-0.25, -0.2) is 0 Å². The Morgan fingerprint density at radius 1 is 0.805 bits per heavy atom. The number of amides is 2. The third-order valence-corrected chi connectivity index (χ3v) is 6.42. The minimum Gasteiger partial charge on any atom is -0.505 e. The van der Waals surface area contributed by atoms with Crippen molar-refractivity contribution in [3.05, 3.63) is 120 Å². The van der Waals surface area contributed by atoms with Gasteiger partial charge in [0, 0.05) is 28.4 Å². The minimum absolute atomic E-state index is 0.0710. The van der Waals surface area contributed by atoms with E-state index >= 15 is 0 Å². The molecule has 5 aromatic carbocycles. The molecule has 0 radical (unpaired) electrons. The van der Waals surface area contributed by atoms with E-state index in [9.17, 15) is 14.7 Å². The molecule has 5 rings (SSSR count). The van der Waals surface area contributed by atoms with Gasteiger partial charge in [0.05, 0.1) is 12.2 Å². The van der Waals surface area contributed by atoms with Crippen LogP contribution in [-0.2, 0) is 0 Å². The highest BCUT2D eigenvalue weighted by Crippen LogP contribution is 2.41. The lowest BCUT2D eigenvalue weighted by Crippen LogP contribution is -2.12. The third kappa shape index (κ3) is 6.07. The molecular weight excluding hydrogens is 516 g/mol. The number of hydrogen-bond donors (Lipinski definition) is 3. The highest BCUT2D eigenvalue weighted by Gasteiger charge is 2.19. The van der Waals surface area contributed by atoms with Crippen molar-refractivity contribution in [1.82, 2.24) is 0 Å². The molecule has 0 saturated carbocycles. The lowest BCUT2D eigenvalue weighted by Gasteiger charge is -2.14. The first-order chi connectivity index (χ1) is 19.9. The summed E-state index contributed by atoms with van der Waals surface area (Å²) in [6, 6.07) is 30.3. The Balaban J connectivity index is 1.51. The average Bonchev–Trinajstić information content (AvgIpc) is 2.99. The van der Waals surface area contributed by atoms with Crippen molar-refractivity contribution in [1.29, 1.82) is 0 Å². The van der Waals surface area contributed by atoms with Crippen molar-refractivity contribution >= 4 is 45.3 Å². The van der Waals surface area contributed by atoms with Gasteiger partial charge in [-0.3, -0.25) is 9.59 Å². The number of phenolic OH excluding ortho intramolecular Hbond substituents is 1. The van der Waals surface area contributed by atoms with Crippen LogP contribution in [0.5, 0.6) is 11.5 Å². The second-order valence-corrected chi connectivity index (χ2v) is 9.25. The van der Waals surface area contributed by atoms with Crippen molar-refractivity contribution in [3.63, 3.8) is 0 Å². The number of rotatable bonds is 8. The van der Waals surface area contributed by atoms with E-state index in [1.54, 1.807) is 60.7 Å². The third-order valence-electron chi connectivity index (χ3n) is 6.42. The zero-order valence-corrected chi connectivity index (χ0v) is 22.6. The molecule has 0 heterocycles. The Labute approximate surface area is 237 Å². The smallest absolute Gasteiger partial charge is 0.259 e. The van der Waals surface area contributed by atoms with Crippen molar-refractivity contribution in [2.24, 2.45) is 10.2 Å². The summed E-state index contributed by atoms with van der Waals surface area (Å²) in [6.45, 7) is 4.05. The Kier molecular flexibility index (Phi) is 8.01. The van der Waals surface area contributed by atoms with E-state index in [2.05, 4.69) is 20.9 Å². The molecule has 204 valence electrons. The van der Waals surface area contributed by atoms with Gasteiger partial charge < -0.3 is 20.5 Å². The zero-order valence-electron chi connectivity index (χ0n) is 22.6. The number of carbonyl (C=O) groups excluding carboxylic acids is 2. The predicted molar refractivity (Wildman–Crippen MR) is 161 cm³/mol. The molecular formula is C33H28N4O4. The van der Waals surface area contributed by atoms with E-state index in [1.165, 1.54) is 0 Å². The number of hydrogen-bond acceptors (Lipinski definition) is 6. The number of aromatic hydroxyl groups is 1. The molecule has 3 N–H and O–H groups in total. The maximum atomic E-state index is 13.1. The largest absolute Gasteiger partial charge is 0.505 e. The molecule has 8 nitrogen and oxygen atoms in total. The molecule has 0 aliphatic heterocycles. The Morgan fingerprint density at radius 2 is 1.49 bits per heavy atom. The number of nitrogens with zero attached hydrogens (tertiary/aromatic N) is 2. The van der Waals surface area contributed by atoms with Crippen LogP contribution in [0.25, 0.3) is 10.8 Å². The Bertz CT molecular complexity index is 1750. The molecule has 41 heavy (non-hydrogen) atoms. The van der Waals surface area contributed by atoms with Gasteiger partial charge in [-0.2, -0.15) is 0 Å². The minimum atomic E-state index is -0.472. The summed E-state index contributed by atoms with van der Waals surface area (Å²) in [5, 5.41) is 27.1. The summed E-state index contributed by atoms with van der Waals surface area (Å²) in [5.74, 6) is -0.595. The fourth-order valence-electron chi connectivity index (χ4n) is 4.36. The summed E-state index contributed by atoms with van der Waals surface area (Å²) in [7, 11) is 0. The van der Waals surface area contributed by atoms with Gasteiger partial charge in [0.2, 0.25) is 0 Å². The molecule has 0 aliphatic carbocycles. The first kappa shape index (κ1) is 27.1. The number of ether oxygens (including phenoxy) is 1. The molecule has 0 unspecified atom stereocenters. The lowest BCUT2D eigenvalue weighted by atomic mass is 10.0. The van der Waals surface area contributed by atoms with E-state index in [-0.39, 0.29) is 22.9 Å². The number of para-hydroxylation sites is 1. The van der Waals surface area contributed by atoms with E-state index in [4.69, 9.17) is 4.74 Å². The number of aryl methyl sites for hydroxylation is 1. The predicted octanol–water partition coefficient (Wildman–Crippen LogP) is 8.17. The van der Waals surface area contributed by atoms with Gasteiger partial charge in [0.25, 0.3) is 11.8 Å². The highest BCUT2D eigenvalue weighted by molar-refractivity contribution is 6.11. The van der Waals surface area contributed by atoms with Crippen LogP contribution in [-0.4, -0.2) is 23.5 Å². The number of anilines is 2. The maximum absolute atomic E-state index is 13.1. The topological polar surface area (TPSA) is 112 Å². The van der Waals surface area contributed by atoms with Gasteiger partial charge in [0.1, 0.15) is 17.1 Å². The van der Waals surface area contributed by atoms with Crippen LogP contribution in [0, 0.1) is 6.92 Å². The number of azo groups is 1. The van der Waals surface area contributed by atoms with Crippen molar-refractivity contribution < 1.29 is 19.4 Å². The highest BCUT2D eigenvalue weighted by atomic mass is 16.5. The molecule has 0 aliphatic rings. The summed E-state index contributed by atoms with van der Waals surface area (Å²) < 4.78 is 5.82. The van der Waals surface area contributed by atoms with Gasteiger partial charge in [-0.1, -0.05) is 60.7 Å². The van der Waals surface area contributed by atoms with Crippen molar-refractivity contribution in [3.8, 4) is 11.5 Å². The second kappa shape index (κ2) is 12.1. The summed E-state index contributed by atoms with van der Waals surface area (Å²) in [6.07, 6.45) is 0. The van der Waals surface area contributed by atoms with Gasteiger partial charge in [-0.05, 0) is 61.2 Å². The first-order valence-corrected chi connectivity index (χ1v) is 13.1. The van der Waals surface area contributed by atoms with Crippen molar-refractivity contribution in [2.75, 3.05) is 17.2 Å². The number of nitrogens with one attached hydrogen (secondary N) is 2. The van der Waals surface area contributed by atoms with Gasteiger partial charge >= 0.3 is 0 Å². The molecule has 0 atom stereocenters. The van der Waals surface area contributed by atoms with Gasteiger partial charge in [0.15, 0.2) is 5.75 Å². The standard InChI is InChI=1S/C33H28N4O4/c1-3-41-29-20-27(35-32(39)22-12-6-4-7-13-22)21(2)18-28(29)36-37-30-25-17-11-10-14-23(25)19-26(31(30)38)33(40)34-24-15-8-5-9-16-24/h4-20,38H,3H2,1-2H3,(H,34,40)(H,35,39). The number of carbonyl (C=O) groups is 2. The lowest BCUT2D eigenvalue weighted by molar-refractivity contribution is 0.101. The average molecular weight is 545 g/mol. The van der Waals surface area contributed by atoms with Crippen LogP contribution in [0.2, 0.25) is 0 Å². The normalized spacial score (nSPS) is 11.0. The molecule has 2 amide bonds. The Hall–Kier alpha value is -5.50. The Morgan fingerprint density at radius 3 is 2.22 bits per heavy atom. The summed E-state index contributed by atoms with van der Waals surface area (Å²) in [5.41, 5.74) is 3.09. The monoisotopic (exact) mass is 544 g/mol. The van der Waals surface area contributed by atoms with Crippen LogP contribution in [0.4, 0.5) is 22.7 Å². The molecule has 0 bridgehead atoms. The fraction of sp³-hybridized carbons (Fsp3) is 0.0909. The zero-order chi connectivity index (χ0) is 28.8. The molecule has 0 spiro atoms. The van der Waals surface area contributed by atoms with Crippen molar-refractivity contribution in [2.45, 2.75) is 13.8 Å². The van der Waals surface area contributed by atoms with Crippen LogP contribution in [0.1, 0.15) is 33.2 Å². The van der Waals surface area contributed by atoms with Crippen LogP contribution in [0.15, 0.2) is 113 Å². The molecule has 5 aromatic rings. The summed E-state index contributed by atoms with van der Waals surface area (Å²) in [4.78, 5) is 25.9. The van der Waals surface area contributed by atoms with E-state index in [1.807, 2.05) is 56.3 Å². The maximum Gasteiger partial charge on any atom is 0.259 e.